The van der Waals surface area contributed by atoms with Crippen LogP contribution in [0.2, 0.25) is 0 Å². The van der Waals surface area contributed by atoms with Crippen LogP contribution in [0.15, 0.2) is 48.5 Å². The van der Waals surface area contributed by atoms with E-state index in [1.165, 1.54) is 12.1 Å². The van der Waals surface area contributed by atoms with E-state index in [9.17, 15) is 4.39 Å². The third-order valence-corrected chi connectivity index (χ3v) is 3.22. The smallest absolute Gasteiger partial charge is 0.123 e. The van der Waals surface area contributed by atoms with E-state index in [4.69, 9.17) is 10.6 Å². The molecule has 0 spiro atoms. The number of ether oxygens (including phenoxy) is 1. The number of hydrogen-bond acceptors (Lipinski definition) is 3. The molecule has 0 amide bonds. The van der Waals surface area contributed by atoms with Crippen molar-refractivity contribution in [2.24, 2.45) is 5.84 Å². The molecule has 20 heavy (non-hydrogen) atoms. The largest absolute Gasteiger partial charge is 0.497 e. The fourth-order valence-corrected chi connectivity index (χ4v) is 2.22. The van der Waals surface area contributed by atoms with Crippen LogP contribution in [-0.2, 0) is 12.8 Å². The number of rotatable bonds is 6. The second-order valence-corrected chi connectivity index (χ2v) is 4.75. The second kappa shape index (κ2) is 7.03. The van der Waals surface area contributed by atoms with Crippen molar-refractivity contribution in [1.29, 1.82) is 0 Å². The molecule has 1 unspecified atom stereocenters. The molecule has 106 valence electrons. The molecule has 4 heteroatoms. The van der Waals surface area contributed by atoms with Gasteiger partial charge in [0.05, 0.1) is 7.11 Å². The Kier molecular flexibility index (Phi) is 5.09. The quantitative estimate of drug-likeness (QED) is 0.628. The number of halogens is 1. The van der Waals surface area contributed by atoms with Crippen molar-refractivity contribution >= 4 is 0 Å². The highest BCUT2D eigenvalue weighted by Gasteiger charge is 2.10. The van der Waals surface area contributed by atoms with Crippen molar-refractivity contribution < 1.29 is 9.13 Å². The third kappa shape index (κ3) is 4.05. The Morgan fingerprint density at radius 1 is 1.10 bits per heavy atom. The number of hydrogen-bond donors (Lipinski definition) is 2. The van der Waals surface area contributed by atoms with Crippen molar-refractivity contribution in [2.45, 2.75) is 18.9 Å². The standard InChI is InChI=1S/C16H19FN2O/c1-20-16-7-3-5-13(11-16)10-15(19-18)9-12-4-2-6-14(17)8-12/h2-8,11,15,19H,9-10,18H2,1H3. The van der Waals surface area contributed by atoms with Gasteiger partial charge in [0.2, 0.25) is 0 Å². The number of methoxy groups -OCH3 is 1. The molecule has 0 fully saturated rings. The first-order valence-corrected chi connectivity index (χ1v) is 6.55. The molecule has 0 radical (unpaired) electrons. The Balaban J connectivity index is 2.05. The fraction of sp³-hybridized carbons (Fsp3) is 0.250. The highest BCUT2D eigenvalue weighted by Crippen LogP contribution is 2.15. The summed E-state index contributed by atoms with van der Waals surface area (Å²) < 4.78 is 18.4. The van der Waals surface area contributed by atoms with E-state index in [1.54, 1.807) is 13.2 Å². The highest BCUT2D eigenvalue weighted by atomic mass is 19.1. The zero-order valence-corrected chi connectivity index (χ0v) is 11.5. The Morgan fingerprint density at radius 2 is 1.75 bits per heavy atom. The van der Waals surface area contributed by atoms with E-state index in [1.807, 2.05) is 30.3 Å². The number of nitrogens with one attached hydrogen (secondary N) is 1. The van der Waals surface area contributed by atoms with E-state index in [0.29, 0.717) is 6.42 Å². The maximum Gasteiger partial charge on any atom is 0.123 e. The molecule has 0 aliphatic rings. The summed E-state index contributed by atoms with van der Waals surface area (Å²) in [5.74, 6) is 6.20. The minimum absolute atomic E-state index is 0.0453. The molecule has 0 aliphatic carbocycles. The molecule has 0 aromatic heterocycles. The van der Waals surface area contributed by atoms with Gasteiger partial charge in [-0.2, -0.15) is 0 Å². The van der Waals surface area contributed by atoms with E-state index >= 15 is 0 Å². The minimum Gasteiger partial charge on any atom is -0.497 e. The molecule has 0 aliphatic heterocycles. The number of hydrazine groups is 1. The van der Waals surface area contributed by atoms with Crippen molar-refractivity contribution in [2.75, 3.05) is 7.11 Å². The van der Waals surface area contributed by atoms with Gasteiger partial charge in [-0.05, 0) is 48.2 Å². The molecule has 2 aromatic rings. The van der Waals surface area contributed by atoms with Crippen LogP contribution in [-0.4, -0.2) is 13.2 Å². The third-order valence-electron chi connectivity index (χ3n) is 3.22. The van der Waals surface area contributed by atoms with Gasteiger partial charge in [-0.15, -0.1) is 0 Å². The first kappa shape index (κ1) is 14.5. The van der Waals surface area contributed by atoms with Gasteiger partial charge < -0.3 is 4.74 Å². The molecule has 2 aromatic carbocycles. The molecule has 0 saturated heterocycles. The summed E-state index contributed by atoms with van der Waals surface area (Å²) in [6, 6.07) is 14.5. The first-order valence-electron chi connectivity index (χ1n) is 6.55. The predicted octanol–water partition coefficient (Wildman–Crippen LogP) is 2.45. The molecule has 3 N–H and O–H groups in total. The van der Waals surface area contributed by atoms with Crippen molar-refractivity contribution in [3.05, 3.63) is 65.5 Å². The molecule has 3 nitrogen and oxygen atoms in total. The monoisotopic (exact) mass is 274 g/mol. The van der Waals surface area contributed by atoms with Gasteiger partial charge in [-0.3, -0.25) is 11.3 Å². The van der Waals surface area contributed by atoms with Crippen LogP contribution in [0, 0.1) is 5.82 Å². The van der Waals surface area contributed by atoms with Gasteiger partial charge in [0, 0.05) is 6.04 Å². The van der Waals surface area contributed by atoms with E-state index in [-0.39, 0.29) is 11.9 Å². The maximum atomic E-state index is 13.2. The van der Waals surface area contributed by atoms with Crippen molar-refractivity contribution in [3.8, 4) is 5.75 Å². The van der Waals surface area contributed by atoms with Gasteiger partial charge >= 0.3 is 0 Å². The van der Waals surface area contributed by atoms with Gasteiger partial charge in [0.15, 0.2) is 0 Å². The molecular weight excluding hydrogens is 255 g/mol. The lowest BCUT2D eigenvalue weighted by molar-refractivity contribution is 0.413. The van der Waals surface area contributed by atoms with Crippen LogP contribution in [0.5, 0.6) is 5.75 Å². The first-order chi connectivity index (χ1) is 9.71. The second-order valence-electron chi connectivity index (χ2n) is 4.75. The van der Waals surface area contributed by atoms with Crippen LogP contribution < -0.4 is 16.0 Å². The Morgan fingerprint density at radius 3 is 2.35 bits per heavy atom. The zero-order valence-electron chi connectivity index (χ0n) is 11.5. The maximum absolute atomic E-state index is 13.2. The topological polar surface area (TPSA) is 47.3 Å². The lowest BCUT2D eigenvalue weighted by Gasteiger charge is -2.16. The van der Waals surface area contributed by atoms with Crippen molar-refractivity contribution in [1.82, 2.24) is 5.43 Å². The Bertz CT molecular complexity index is 560. The van der Waals surface area contributed by atoms with Crippen LogP contribution in [0.4, 0.5) is 4.39 Å². The van der Waals surface area contributed by atoms with Gasteiger partial charge in [0.1, 0.15) is 11.6 Å². The van der Waals surface area contributed by atoms with Crippen molar-refractivity contribution in [3.63, 3.8) is 0 Å². The number of nitrogens with two attached hydrogens (primary N) is 1. The Labute approximate surface area is 118 Å². The molecule has 0 saturated carbocycles. The summed E-state index contributed by atoms with van der Waals surface area (Å²) in [6.07, 6.45) is 1.43. The zero-order chi connectivity index (χ0) is 14.4. The van der Waals surface area contributed by atoms with Gasteiger partial charge in [-0.25, -0.2) is 4.39 Å². The fourth-order valence-electron chi connectivity index (χ4n) is 2.22. The van der Waals surface area contributed by atoms with Gasteiger partial charge in [0.25, 0.3) is 0 Å². The molecule has 0 heterocycles. The van der Waals surface area contributed by atoms with E-state index in [2.05, 4.69) is 5.43 Å². The van der Waals surface area contributed by atoms with Crippen LogP contribution >= 0.6 is 0 Å². The normalized spacial score (nSPS) is 12.2. The number of benzene rings is 2. The molecule has 0 bridgehead atoms. The average Bonchev–Trinajstić information content (AvgIpc) is 2.47. The predicted molar refractivity (Wildman–Crippen MR) is 77.9 cm³/mol. The Hall–Kier alpha value is -1.91. The SMILES string of the molecule is COc1cccc(CC(Cc2cccc(F)c2)NN)c1. The van der Waals surface area contributed by atoms with E-state index in [0.717, 1.165) is 23.3 Å². The van der Waals surface area contributed by atoms with Gasteiger partial charge in [-0.1, -0.05) is 24.3 Å². The lowest BCUT2D eigenvalue weighted by atomic mass is 9.99. The summed E-state index contributed by atoms with van der Waals surface area (Å²) >= 11 is 0. The van der Waals surface area contributed by atoms with Crippen LogP contribution in [0.3, 0.4) is 0 Å². The molecule has 1 atom stereocenters. The molecule has 2 rings (SSSR count). The van der Waals surface area contributed by atoms with Crippen LogP contribution in [0.25, 0.3) is 0 Å². The lowest BCUT2D eigenvalue weighted by Crippen LogP contribution is -2.38. The summed E-state index contributed by atoms with van der Waals surface area (Å²) in [4.78, 5) is 0. The summed E-state index contributed by atoms with van der Waals surface area (Å²) in [7, 11) is 1.64. The van der Waals surface area contributed by atoms with Crippen LogP contribution in [0.1, 0.15) is 11.1 Å². The van der Waals surface area contributed by atoms with E-state index < -0.39 is 0 Å². The minimum atomic E-state index is -0.223. The average molecular weight is 274 g/mol. The highest BCUT2D eigenvalue weighted by molar-refractivity contribution is 5.29. The molecular formula is C16H19FN2O. The summed E-state index contributed by atoms with van der Waals surface area (Å²) in [5, 5.41) is 0. The summed E-state index contributed by atoms with van der Waals surface area (Å²) in [6.45, 7) is 0. The summed E-state index contributed by atoms with van der Waals surface area (Å²) in [5.41, 5.74) is 4.85.